The zero-order chi connectivity index (χ0) is 21.7. The molecule has 1 aliphatic heterocycles. The fourth-order valence-electron chi connectivity index (χ4n) is 3.17. The lowest BCUT2D eigenvalue weighted by Crippen LogP contribution is -2.46. The van der Waals surface area contributed by atoms with E-state index in [1.54, 1.807) is 17.0 Å². The summed E-state index contributed by atoms with van der Waals surface area (Å²) in [5.41, 5.74) is -0.933. The molecule has 0 radical (unpaired) electrons. The molecule has 1 atom stereocenters. The predicted molar refractivity (Wildman–Crippen MR) is 103 cm³/mol. The molecule has 0 saturated carbocycles. The number of furan rings is 1. The van der Waals surface area contributed by atoms with E-state index in [2.05, 4.69) is 15.6 Å². The molecule has 2 amide bonds. The maximum absolute atomic E-state index is 12.6. The quantitative estimate of drug-likeness (QED) is 0.666. The van der Waals surface area contributed by atoms with Crippen molar-refractivity contribution in [1.29, 1.82) is 0 Å². The number of hydrogen-bond acceptors (Lipinski definition) is 5. The maximum Gasteiger partial charge on any atom is 0.417 e. The third kappa shape index (κ3) is 5.44. The molecule has 0 aromatic carbocycles. The molecule has 1 fully saturated rings. The third-order valence-corrected chi connectivity index (χ3v) is 4.98. The minimum Gasteiger partial charge on any atom is -0.459 e. The average Bonchev–Trinajstić information content (AvgIpc) is 3.25. The lowest BCUT2D eigenvalue weighted by molar-refractivity contribution is -0.137. The molecule has 0 unspecified atom stereocenters. The van der Waals surface area contributed by atoms with Crippen LogP contribution in [0.1, 0.15) is 29.0 Å². The summed E-state index contributed by atoms with van der Waals surface area (Å²) in [7, 11) is 0. The normalized spacial score (nSPS) is 16.9. The van der Waals surface area contributed by atoms with Crippen LogP contribution in [-0.2, 0) is 11.0 Å². The van der Waals surface area contributed by atoms with Gasteiger partial charge in [0, 0.05) is 32.4 Å². The van der Waals surface area contributed by atoms with Crippen LogP contribution in [0, 0.1) is 5.92 Å². The van der Waals surface area contributed by atoms with Gasteiger partial charge >= 0.3 is 6.18 Å². The molecule has 0 spiro atoms. The number of carbonyl (C=O) groups is 2. The van der Waals surface area contributed by atoms with E-state index < -0.39 is 11.7 Å². The maximum atomic E-state index is 12.6. The van der Waals surface area contributed by atoms with Crippen LogP contribution >= 0.6 is 11.6 Å². The van der Waals surface area contributed by atoms with Crippen LogP contribution in [0.2, 0.25) is 5.02 Å². The monoisotopic (exact) mass is 444 g/mol. The predicted octanol–water partition coefficient (Wildman–Crippen LogP) is 3.43. The molecular formula is C19H20ClF3N4O3. The van der Waals surface area contributed by atoms with Crippen molar-refractivity contribution in [2.75, 3.05) is 31.5 Å². The van der Waals surface area contributed by atoms with Crippen LogP contribution in [0.3, 0.4) is 0 Å². The fraction of sp³-hybridized carbons (Fsp3) is 0.421. The summed E-state index contributed by atoms with van der Waals surface area (Å²) < 4.78 is 43.0. The van der Waals surface area contributed by atoms with E-state index >= 15 is 0 Å². The Morgan fingerprint density at radius 1 is 1.33 bits per heavy atom. The van der Waals surface area contributed by atoms with E-state index in [1.807, 2.05) is 0 Å². The van der Waals surface area contributed by atoms with Gasteiger partial charge in [-0.1, -0.05) is 11.6 Å². The Balaban J connectivity index is 1.45. The van der Waals surface area contributed by atoms with Gasteiger partial charge in [0.05, 0.1) is 22.8 Å². The molecule has 0 bridgehead atoms. The number of anilines is 1. The van der Waals surface area contributed by atoms with Gasteiger partial charge in [-0.2, -0.15) is 13.2 Å². The van der Waals surface area contributed by atoms with Crippen LogP contribution in [0.5, 0.6) is 0 Å². The van der Waals surface area contributed by atoms with E-state index in [1.165, 1.54) is 6.26 Å². The Labute approximate surface area is 175 Å². The summed E-state index contributed by atoms with van der Waals surface area (Å²) in [6.45, 7) is 1.31. The molecular weight excluding hydrogens is 425 g/mol. The van der Waals surface area contributed by atoms with Gasteiger partial charge in [0.25, 0.3) is 5.91 Å². The summed E-state index contributed by atoms with van der Waals surface area (Å²) in [4.78, 5) is 30.1. The number of nitrogens with one attached hydrogen (secondary N) is 2. The van der Waals surface area contributed by atoms with Crippen LogP contribution < -0.4 is 10.6 Å². The molecule has 1 saturated heterocycles. The Bertz CT molecular complexity index is 890. The first kappa shape index (κ1) is 21.9. The first-order valence-corrected chi connectivity index (χ1v) is 9.70. The Morgan fingerprint density at radius 2 is 2.13 bits per heavy atom. The van der Waals surface area contributed by atoms with E-state index in [4.69, 9.17) is 16.0 Å². The number of nitrogens with zero attached hydrogens (tertiary/aromatic N) is 2. The van der Waals surface area contributed by atoms with Gasteiger partial charge in [-0.25, -0.2) is 4.98 Å². The summed E-state index contributed by atoms with van der Waals surface area (Å²) in [5.74, 6) is -0.444. The third-order valence-electron chi connectivity index (χ3n) is 4.70. The van der Waals surface area contributed by atoms with Gasteiger partial charge in [-0.3, -0.25) is 9.59 Å². The number of piperidine rings is 1. The van der Waals surface area contributed by atoms with E-state index in [0.29, 0.717) is 32.1 Å². The highest BCUT2D eigenvalue weighted by Gasteiger charge is 2.32. The highest BCUT2D eigenvalue weighted by molar-refractivity contribution is 6.32. The topological polar surface area (TPSA) is 87.5 Å². The van der Waals surface area contributed by atoms with Gasteiger partial charge in [0.2, 0.25) is 5.91 Å². The Morgan fingerprint density at radius 3 is 2.80 bits per heavy atom. The number of halogens is 4. The smallest absolute Gasteiger partial charge is 0.417 e. The molecule has 2 aromatic rings. The number of pyridine rings is 1. The number of alkyl halides is 3. The van der Waals surface area contributed by atoms with Crippen molar-refractivity contribution < 1.29 is 27.2 Å². The van der Waals surface area contributed by atoms with Crippen molar-refractivity contribution in [1.82, 2.24) is 15.2 Å². The van der Waals surface area contributed by atoms with Crippen molar-refractivity contribution in [3.8, 4) is 0 Å². The first-order chi connectivity index (χ1) is 14.3. The van der Waals surface area contributed by atoms with Crippen molar-refractivity contribution in [3.05, 3.63) is 47.0 Å². The molecule has 3 heterocycles. The summed E-state index contributed by atoms with van der Waals surface area (Å²) in [6.07, 6.45) is -1.04. The van der Waals surface area contributed by atoms with Crippen molar-refractivity contribution in [2.45, 2.75) is 19.0 Å². The number of amides is 2. The zero-order valence-corrected chi connectivity index (χ0v) is 16.6. The molecule has 7 nitrogen and oxygen atoms in total. The van der Waals surface area contributed by atoms with Gasteiger partial charge in [0.15, 0.2) is 5.76 Å². The van der Waals surface area contributed by atoms with Crippen LogP contribution in [0.25, 0.3) is 0 Å². The lowest BCUT2D eigenvalue weighted by Gasteiger charge is -2.31. The van der Waals surface area contributed by atoms with Crippen molar-refractivity contribution >= 4 is 29.2 Å². The molecule has 1 aliphatic rings. The van der Waals surface area contributed by atoms with Gasteiger partial charge < -0.3 is 20.0 Å². The minimum absolute atomic E-state index is 0.104. The number of hydrogen-bond donors (Lipinski definition) is 2. The number of carbonyl (C=O) groups excluding carboxylic acids is 2. The zero-order valence-electron chi connectivity index (χ0n) is 15.8. The highest BCUT2D eigenvalue weighted by atomic mass is 35.5. The Hall–Kier alpha value is -2.75. The van der Waals surface area contributed by atoms with Crippen molar-refractivity contribution in [2.24, 2.45) is 5.92 Å². The minimum atomic E-state index is -4.52. The van der Waals surface area contributed by atoms with Crippen LogP contribution in [-0.4, -0.2) is 47.9 Å². The second-order valence-corrected chi connectivity index (χ2v) is 7.24. The molecule has 0 aliphatic carbocycles. The number of likely N-dealkylation sites (tertiary alicyclic amines) is 1. The molecule has 3 rings (SSSR count). The summed E-state index contributed by atoms with van der Waals surface area (Å²) in [5, 5.41) is 5.39. The SMILES string of the molecule is O=C(NCCNc1ncc(C(F)(F)F)cc1Cl)[C@@H]1CCCN(C(=O)c2ccco2)C1. The van der Waals surface area contributed by atoms with Crippen LogP contribution in [0.15, 0.2) is 35.1 Å². The Kier molecular flexibility index (Phi) is 6.86. The highest BCUT2D eigenvalue weighted by Crippen LogP contribution is 2.32. The largest absolute Gasteiger partial charge is 0.459 e. The first-order valence-electron chi connectivity index (χ1n) is 9.33. The number of aromatic nitrogens is 1. The molecule has 11 heteroatoms. The van der Waals surface area contributed by atoms with Crippen LogP contribution in [0.4, 0.5) is 19.0 Å². The second-order valence-electron chi connectivity index (χ2n) is 6.84. The van der Waals surface area contributed by atoms with Gasteiger partial charge in [0.1, 0.15) is 5.82 Å². The molecule has 30 heavy (non-hydrogen) atoms. The number of rotatable bonds is 6. The van der Waals surface area contributed by atoms with Gasteiger partial charge in [-0.05, 0) is 31.0 Å². The average molecular weight is 445 g/mol. The van der Waals surface area contributed by atoms with Gasteiger partial charge in [-0.15, -0.1) is 0 Å². The fourth-order valence-corrected chi connectivity index (χ4v) is 3.40. The molecule has 162 valence electrons. The standard InChI is InChI=1S/C19H20ClF3N4O3/c20-14-9-13(19(21,22)23)10-26-16(14)24-5-6-25-17(28)12-3-1-7-27(11-12)18(29)15-4-2-8-30-15/h2,4,8-10,12H,1,3,5-7,11H2,(H,24,26)(H,25,28)/t12-/m1/s1. The van der Waals surface area contributed by atoms with E-state index in [-0.39, 0.29) is 47.4 Å². The second kappa shape index (κ2) is 9.38. The molecule has 2 N–H and O–H groups in total. The van der Waals surface area contributed by atoms with E-state index in [9.17, 15) is 22.8 Å². The lowest BCUT2D eigenvalue weighted by atomic mass is 9.97. The summed E-state index contributed by atoms with van der Waals surface area (Å²) in [6, 6.07) is 4.01. The van der Waals surface area contributed by atoms with Crippen molar-refractivity contribution in [3.63, 3.8) is 0 Å². The van der Waals surface area contributed by atoms with E-state index in [0.717, 1.165) is 6.07 Å². The summed E-state index contributed by atoms with van der Waals surface area (Å²) >= 11 is 5.83. The molecule has 2 aromatic heterocycles.